The molecule has 1 aromatic carbocycles. The number of anilines is 1. The first-order valence-electron chi connectivity index (χ1n) is 8.87. The number of rotatable bonds is 3. The van der Waals surface area contributed by atoms with E-state index >= 15 is 0 Å². The molecule has 0 bridgehead atoms. The molecule has 1 aromatic rings. The number of carbonyl (C=O) groups is 2. The number of carbonyl (C=O) groups excluding carboxylic acids is 2. The van der Waals surface area contributed by atoms with Gasteiger partial charge in [-0.15, -0.1) is 0 Å². The first-order valence-corrected chi connectivity index (χ1v) is 8.87. The largest absolute Gasteiger partial charge is 0.339 e. The zero-order valence-electron chi connectivity index (χ0n) is 15.6. The van der Waals surface area contributed by atoms with E-state index in [0.29, 0.717) is 17.3 Å². The topological polar surface area (TPSA) is 49.4 Å². The zero-order chi connectivity index (χ0) is 17.9. The summed E-state index contributed by atoms with van der Waals surface area (Å²) >= 11 is 0. The van der Waals surface area contributed by atoms with Crippen molar-refractivity contribution in [1.29, 1.82) is 0 Å². The van der Waals surface area contributed by atoms with Crippen LogP contribution in [0.3, 0.4) is 0 Å². The smallest absolute Gasteiger partial charge is 0.253 e. The van der Waals surface area contributed by atoms with Crippen LogP contribution in [0.15, 0.2) is 24.3 Å². The number of amides is 2. The van der Waals surface area contributed by atoms with Crippen molar-refractivity contribution in [2.75, 3.05) is 12.4 Å². The van der Waals surface area contributed by atoms with Crippen molar-refractivity contribution in [3.63, 3.8) is 0 Å². The highest BCUT2D eigenvalue weighted by Gasteiger charge is 2.26. The van der Waals surface area contributed by atoms with Crippen LogP contribution in [-0.2, 0) is 4.79 Å². The summed E-state index contributed by atoms with van der Waals surface area (Å²) in [6, 6.07) is 7.55. The van der Waals surface area contributed by atoms with E-state index in [1.165, 1.54) is 12.8 Å². The van der Waals surface area contributed by atoms with Crippen molar-refractivity contribution in [2.45, 2.75) is 59.4 Å². The Morgan fingerprint density at radius 2 is 1.75 bits per heavy atom. The second-order valence-electron chi connectivity index (χ2n) is 8.11. The van der Waals surface area contributed by atoms with E-state index in [1.807, 2.05) is 50.9 Å². The molecule has 0 aliphatic heterocycles. The molecule has 4 nitrogen and oxygen atoms in total. The van der Waals surface area contributed by atoms with Gasteiger partial charge in [-0.2, -0.15) is 0 Å². The highest BCUT2D eigenvalue weighted by Crippen LogP contribution is 2.27. The van der Waals surface area contributed by atoms with Gasteiger partial charge in [-0.1, -0.05) is 33.8 Å². The van der Waals surface area contributed by atoms with Crippen LogP contribution in [0.4, 0.5) is 5.69 Å². The Labute approximate surface area is 145 Å². The molecule has 1 aliphatic carbocycles. The van der Waals surface area contributed by atoms with Crippen LogP contribution in [0.25, 0.3) is 0 Å². The van der Waals surface area contributed by atoms with Gasteiger partial charge in [0.05, 0.1) is 0 Å². The lowest BCUT2D eigenvalue weighted by Gasteiger charge is -2.33. The van der Waals surface area contributed by atoms with Crippen molar-refractivity contribution in [1.82, 2.24) is 4.90 Å². The molecule has 0 radical (unpaired) electrons. The summed E-state index contributed by atoms with van der Waals surface area (Å²) in [5, 5.41) is 2.89. The molecule has 0 aromatic heterocycles. The fraction of sp³-hybridized carbons (Fsp3) is 0.600. The van der Waals surface area contributed by atoms with Crippen LogP contribution >= 0.6 is 0 Å². The number of nitrogens with one attached hydrogen (secondary N) is 1. The third kappa shape index (κ3) is 4.59. The summed E-state index contributed by atoms with van der Waals surface area (Å²) in [6.07, 6.45) is 4.52. The van der Waals surface area contributed by atoms with Crippen LogP contribution in [0, 0.1) is 11.3 Å². The van der Waals surface area contributed by atoms with E-state index in [1.54, 1.807) is 6.07 Å². The van der Waals surface area contributed by atoms with Crippen molar-refractivity contribution < 1.29 is 9.59 Å². The normalized spacial score (nSPS) is 21.2. The maximum atomic E-state index is 12.8. The van der Waals surface area contributed by atoms with Gasteiger partial charge in [0.15, 0.2) is 0 Å². The molecule has 0 spiro atoms. The predicted octanol–water partition coefficient (Wildman–Crippen LogP) is 4.32. The molecule has 0 unspecified atom stereocenters. The molecule has 0 heterocycles. The van der Waals surface area contributed by atoms with E-state index in [4.69, 9.17) is 0 Å². The monoisotopic (exact) mass is 330 g/mol. The van der Waals surface area contributed by atoms with Gasteiger partial charge in [-0.05, 0) is 49.8 Å². The lowest BCUT2D eigenvalue weighted by atomic mass is 9.86. The van der Waals surface area contributed by atoms with Crippen molar-refractivity contribution in [2.24, 2.45) is 11.3 Å². The molecule has 1 fully saturated rings. The van der Waals surface area contributed by atoms with Gasteiger partial charge in [-0.3, -0.25) is 9.59 Å². The van der Waals surface area contributed by atoms with Crippen molar-refractivity contribution >= 4 is 17.5 Å². The zero-order valence-corrected chi connectivity index (χ0v) is 15.6. The number of benzene rings is 1. The Morgan fingerprint density at radius 1 is 1.12 bits per heavy atom. The Morgan fingerprint density at radius 3 is 2.33 bits per heavy atom. The molecule has 2 rings (SSSR count). The highest BCUT2D eigenvalue weighted by molar-refractivity contribution is 5.98. The molecule has 2 amide bonds. The average molecular weight is 330 g/mol. The number of hydrogen-bond donors (Lipinski definition) is 1. The molecule has 4 heteroatoms. The fourth-order valence-electron chi connectivity index (χ4n) is 3.05. The molecule has 1 aliphatic rings. The quantitative estimate of drug-likeness (QED) is 0.897. The molecule has 1 N–H and O–H groups in total. The number of hydrogen-bond acceptors (Lipinski definition) is 2. The Hall–Kier alpha value is -1.84. The van der Waals surface area contributed by atoms with Gasteiger partial charge < -0.3 is 10.2 Å². The maximum absolute atomic E-state index is 12.8. The second kappa shape index (κ2) is 7.37. The van der Waals surface area contributed by atoms with E-state index in [-0.39, 0.29) is 11.8 Å². The van der Waals surface area contributed by atoms with Crippen molar-refractivity contribution in [3.8, 4) is 0 Å². The van der Waals surface area contributed by atoms with Gasteiger partial charge in [0.2, 0.25) is 5.91 Å². The molecule has 0 atom stereocenters. The van der Waals surface area contributed by atoms with Gasteiger partial charge in [-0.25, -0.2) is 0 Å². The predicted molar refractivity (Wildman–Crippen MR) is 98.0 cm³/mol. The lowest BCUT2D eigenvalue weighted by Crippen LogP contribution is -2.39. The van der Waals surface area contributed by atoms with Gasteiger partial charge in [0, 0.05) is 29.8 Å². The van der Waals surface area contributed by atoms with E-state index in [2.05, 4.69) is 12.2 Å². The maximum Gasteiger partial charge on any atom is 0.253 e. The van der Waals surface area contributed by atoms with Crippen LogP contribution in [0.2, 0.25) is 0 Å². The summed E-state index contributed by atoms with van der Waals surface area (Å²) < 4.78 is 0. The summed E-state index contributed by atoms with van der Waals surface area (Å²) in [5.41, 5.74) is 0.838. The summed E-state index contributed by atoms with van der Waals surface area (Å²) in [5.74, 6) is 0.740. The average Bonchev–Trinajstić information content (AvgIpc) is 2.53. The van der Waals surface area contributed by atoms with Crippen LogP contribution in [0.5, 0.6) is 0 Å². The minimum atomic E-state index is -0.463. The fourth-order valence-corrected chi connectivity index (χ4v) is 3.05. The third-order valence-electron chi connectivity index (χ3n) is 4.90. The second-order valence-corrected chi connectivity index (χ2v) is 8.11. The SMILES string of the molecule is CC1CCC(N(C)C(=O)c2cccc(NC(=O)C(C)(C)C)c2)CC1. The Balaban J connectivity index is 2.07. The molecular formula is C20H30N2O2. The molecular weight excluding hydrogens is 300 g/mol. The van der Waals surface area contributed by atoms with Crippen molar-refractivity contribution in [3.05, 3.63) is 29.8 Å². The molecule has 1 saturated carbocycles. The minimum absolute atomic E-state index is 0.0291. The highest BCUT2D eigenvalue weighted by atomic mass is 16.2. The van der Waals surface area contributed by atoms with Gasteiger partial charge >= 0.3 is 0 Å². The van der Waals surface area contributed by atoms with Crippen LogP contribution in [0.1, 0.15) is 63.7 Å². The summed E-state index contributed by atoms with van der Waals surface area (Å²) in [4.78, 5) is 26.8. The minimum Gasteiger partial charge on any atom is -0.339 e. The number of nitrogens with zero attached hydrogens (tertiary/aromatic N) is 1. The molecule has 24 heavy (non-hydrogen) atoms. The first-order chi connectivity index (χ1) is 11.2. The Bertz CT molecular complexity index is 596. The molecule has 0 saturated heterocycles. The van der Waals surface area contributed by atoms with Gasteiger partial charge in [0.25, 0.3) is 5.91 Å². The summed E-state index contributed by atoms with van der Waals surface area (Å²) in [6.45, 7) is 7.89. The first kappa shape index (κ1) is 18.5. The lowest BCUT2D eigenvalue weighted by molar-refractivity contribution is -0.123. The summed E-state index contributed by atoms with van der Waals surface area (Å²) in [7, 11) is 1.89. The standard InChI is InChI=1S/C20H30N2O2/c1-14-9-11-17(12-10-14)22(5)18(23)15-7-6-8-16(13-15)21-19(24)20(2,3)4/h6-8,13-14,17H,9-12H2,1-5H3,(H,21,24). The van der Waals surface area contributed by atoms with E-state index < -0.39 is 5.41 Å². The Kier molecular flexibility index (Phi) is 5.68. The van der Waals surface area contributed by atoms with Gasteiger partial charge in [0.1, 0.15) is 0 Å². The third-order valence-corrected chi connectivity index (χ3v) is 4.90. The van der Waals surface area contributed by atoms with E-state index in [9.17, 15) is 9.59 Å². The molecule has 132 valence electrons. The van der Waals surface area contributed by atoms with Crippen LogP contribution < -0.4 is 5.32 Å². The van der Waals surface area contributed by atoms with E-state index in [0.717, 1.165) is 18.8 Å². The van der Waals surface area contributed by atoms with Crippen LogP contribution in [-0.4, -0.2) is 29.8 Å².